The third-order valence-corrected chi connectivity index (χ3v) is 3.91. The minimum atomic E-state index is -0.268. The predicted octanol–water partition coefficient (Wildman–Crippen LogP) is 2.37. The van der Waals surface area contributed by atoms with Crippen molar-refractivity contribution in [2.75, 3.05) is 6.61 Å². The third kappa shape index (κ3) is 4.09. The Kier molecular flexibility index (Phi) is 6.12. The predicted molar refractivity (Wildman–Crippen MR) is 89.0 cm³/mol. The number of aromatic nitrogens is 3. The zero-order valence-corrected chi connectivity index (χ0v) is 14.0. The lowest BCUT2D eigenvalue weighted by Crippen LogP contribution is -2.35. The van der Waals surface area contributed by atoms with Gasteiger partial charge in [0, 0.05) is 17.7 Å². The first-order valence-corrected chi connectivity index (χ1v) is 8.10. The molecule has 6 nitrogen and oxygen atoms in total. The number of amides is 1. The van der Waals surface area contributed by atoms with Crippen LogP contribution in [0.15, 0.2) is 24.3 Å². The summed E-state index contributed by atoms with van der Waals surface area (Å²) in [7, 11) is 0. The molecule has 0 aliphatic carbocycles. The second kappa shape index (κ2) is 8.08. The van der Waals surface area contributed by atoms with Crippen LogP contribution in [0.4, 0.5) is 0 Å². The van der Waals surface area contributed by atoms with Crippen LogP contribution < -0.4 is 5.32 Å². The molecule has 2 rings (SSSR count). The van der Waals surface area contributed by atoms with E-state index < -0.39 is 0 Å². The van der Waals surface area contributed by atoms with E-state index in [4.69, 9.17) is 16.7 Å². The van der Waals surface area contributed by atoms with E-state index in [-0.39, 0.29) is 18.6 Å². The standard InChI is InChI=1S/C16H21ClN4O2/c1-3-12(8-9-22)18-16(23)15-14(4-2)21(20-19-15)13-7-5-6-11(17)10-13/h5-7,10,12,22H,3-4,8-9H2,1-2H3,(H,18,23). The first-order valence-electron chi connectivity index (χ1n) is 7.72. The lowest BCUT2D eigenvalue weighted by molar-refractivity contribution is 0.0923. The van der Waals surface area contributed by atoms with E-state index in [1.807, 2.05) is 26.0 Å². The van der Waals surface area contributed by atoms with Crippen molar-refractivity contribution in [3.05, 3.63) is 40.7 Å². The highest BCUT2D eigenvalue weighted by molar-refractivity contribution is 6.30. The molecule has 0 radical (unpaired) electrons. The van der Waals surface area contributed by atoms with Gasteiger partial charge in [-0.05, 0) is 37.5 Å². The fourth-order valence-electron chi connectivity index (χ4n) is 2.40. The van der Waals surface area contributed by atoms with Crippen LogP contribution in [0.25, 0.3) is 5.69 Å². The molecule has 2 N–H and O–H groups in total. The van der Waals surface area contributed by atoms with Gasteiger partial charge >= 0.3 is 0 Å². The van der Waals surface area contributed by atoms with E-state index in [2.05, 4.69) is 15.6 Å². The van der Waals surface area contributed by atoms with Crippen molar-refractivity contribution in [2.45, 2.75) is 39.2 Å². The highest BCUT2D eigenvalue weighted by Crippen LogP contribution is 2.18. The van der Waals surface area contributed by atoms with Crippen LogP contribution >= 0.6 is 11.6 Å². The number of hydrogen-bond donors (Lipinski definition) is 2. The summed E-state index contributed by atoms with van der Waals surface area (Å²) in [6.07, 6.45) is 1.88. The zero-order chi connectivity index (χ0) is 16.8. The Morgan fingerprint density at radius 3 is 2.83 bits per heavy atom. The van der Waals surface area contributed by atoms with Gasteiger partial charge in [-0.25, -0.2) is 4.68 Å². The van der Waals surface area contributed by atoms with Gasteiger partial charge in [0.15, 0.2) is 5.69 Å². The molecule has 1 unspecified atom stereocenters. The molecule has 23 heavy (non-hydrogen) atoms. The third-order valence-electron chi connectivity index (χ3n) is 3.67. The summed E-state index contributed by atoms with van der Waals surface area (Å²) in [5.74, 6) is -0.268. The average molecular weight is 337 g/mol. The van der Waals surface area contributed by atoms with Crippen molar-refractivity contribution in [1.82, 2.24) is 20.3 Å². The molecule has 0 aliphatic rings. The number of nitrogens with one attached hydrogen (secondary N) is 1. The van der Waals surface area contributed by atoms with Gasteiger partial charge in [-0.15, -0.1) is 5.10 Å². The Hall–Kier alpha value is -1.92. The molecular weight excluding hydrogens is 316 g/mol. The Morgan fingerprint density at radius 1 is 1.43 bits per heavy atom. The number of aliphatic hydroxyl groups excluding tert-OH is 1. The summed E-state index contributed by atoms with van der Waals surface area (Å²) < 4.78 is 1.63. The highest BCUT2D eigenvalue weighted by atomic mass is 35.5. The summed E-state index contributed by atoms with van der Waals surface area (Å²) in [4.78, 5) is 12.4. The van der Waals surface area contributed by atoms with Crippen molar-refractivity contribution in [3.63, 3.8) is 0 Å². The average Bonchev–Trinajstić information content (AvgIpc) is 2.98. The van der Waals surface area contributed by atoms with Gasteiger partial charge in [0.2, 0.25) is 0 Å². The number of benzene rings is 1. The summed E-state index contributed by atoms with van der Waals surface area (Å²) >= 11 is 6.02. The Bertz CT molecular complexity index is 672. The van der Waals surface area contributed by atoms with E-state index >= 15 is 0 Å². The van der Waals surface area contributed by atoms with Crippen LogP contribution in [0.3, 0.4) is 0 Å². The molecule has 1 aromatic carbocycles. The van der Waals surface area contributed by atoms with E-state index in [1.54, 1.807) is 16.8 Å². The maximum Gasteiger partial charge on any atom is 0.273 e. The van der Waals surface area contributed by atoms with Crippen LogP contribution in [0.5, 0.6) is 0 Å². The normalized spacial score (nSPS) is 12.2. The molecule has 1 aromatic heterocycles. The summed E-state index contributed by atoms with van der Waals surface area (Å²) in [6, 6.07) is 7.17. The lowest BCUT2D eigenvalue weighted by Gasteiger charge is -2.15. The molecular formula is C16H21ClN4O2. The van der Waals surface area contributed by atoms with Crippen LogP contribution in [-0.4, -0.2) is 38.7 Å². The summed E-state index contributed by atoms with van der Waals surface area (Å²) in [5, 5.41) is 20.7. The van der Waals surface area contributed by atoms with Crippen molar-refractivity contribution in [2.24, 2.45) is 0 Å². The number of rotatable bonds is 7. The molecule has 7 heteroatoms. The number of hydrogen-bond acceptors (Lipinski definition) is 4. The molecule has 0 saturated carbocycles. The van der Waals surface area contributed by atoms with E-state index in [1.165, 1.54) is 0 Å². The van der Waals surface area contributed by atoms with E-state index in [0.717, 1.165) is 17.8 Å². The highest BCUT2D eigenvalue weighted by Gasteiger charge is 2.21. The topological polar surface area (TPSA) is 80.0 Å². The van der Waals surface area contributed by atoms with E-state index in [9.17, 15) is 4.79 Å². The van der Waals surface area contributed by atoms with Crippen LogP contribution in [0, 0.1) is 0 Å². The molecule has 1 amide bonds. The summed E-state index contributed by atoms with van der Waals surface area (Å²) in [6.45, 7) is 3.94. The van der Waals surface area contributed by atoms with Gasteiger partial charge < -0.3 is 10.4 Å². The second-order valence-electron chi connectivity index (χ2n) is 5.22. The first kappa shape index (κ1) is 17.4. The fourth-order valence-corrected chi connectivity index (χ4v) is 2.58. The van der Waals surface area contributed by atoms with Crippen molar-refractivity contribution < 1.29 is 9.90 Å². The maximum atomic E-state index is 12.4. The number of nitrogens with zero attached hydrogens (tertiary/aromatic N) is 3. The van der Waals surface area contributed by atoms with Gasteiger partial charge in [-0.1, -0.05) is 36.7 Å². The Morgan fingerprint density at radius 2 is 2.22 bits per heavy atom. The lowest BCUT2D eigenvalue weighted by atomic mass is 10.1. The monoisotopic (exact) mass is 336 g/mol. The van der Waals surface area contributed by atoms with Crippen LogP contribution in [0.1, 0.15) is 42.9 Å². The number of halogens is 1. The Labute approximate surface area is 140 Å². The largest absolute Gasteiger partial charge is 0.396 e. The van der Waals surface area contributed by atoms with Gasteiger partial charge in [-0.3, -0.25) is 4.79 Å². The Balaban J connectivity index is 2.29. The molecule has 2 aromatic rings. The van der Waals surface area contributed by atoms with Crippen molar-refractivity contribution in [3.8, 4) is 5.69 Å². The van der Waals surface area contributed by atoms with Gasteiger partial charge in [-0.2, -0.15) is 0 Å². The quantitative estimate of drug-likeness (QED) is 0.813. The maximum absolute atomic E-state index is 12.4. The van der Waals surface area contributed by atoms with Crippen LogP contribution in [0.2, 0.25) is 5.02 Å². The van der Waals surface area contributed by atoms with E-state index in [0.29, 0.717) is 23.6 Å². The minimum Gasteiger partial charge on any atom is -0.396 e. The number of carbonyl (C=O) groups excluding carboxylic acids is 1. The molecule has 0 aliphatic heterocycles. The molecule has 0 saturated heterocycles. The molecule has 1 heterocycles. The fraction of sp³-hybridized carbons (Fsp3) is 0.438. The van der Waals surface area contributed by atoms with Crippen LogP contribution in [-0.2, 0) is 6.42 Å². The van der Waals surface area contributed by atoms with Crippen molar-refractivity contribution >= 4 is 17.5 Å². The van der Waals surface area contributed by atoms with Gasteiger partial charge in [0.1, 0.15) is 0 Å². The number of aliphatic hydroxyl groups is 1. The molecule has 1 atom stereocenters. The SMILES string of the molecule is CCc1c(C(=O)NC(CC)CCO)nnn1-c1cccc(Cl)c1. The first-order chi connectivity index (χ1) is 11.1. The minimum absolute atomic E-state index is 0.0363. The molecule has 0 bridgehead atoms. The molecule has 124 valence electrons. The summed E-state index contributed by atoms with van der Waals surface area (Å²) in [5.41, 5.74) is 1.80. The van der Waals surface area contributed by atoms with Crippen molar-refractivity contribution in [1.29, 1.82) is 0 Å². The second-order valence-corrected chi connectivity index (χ2v) is 5.66. The zero-order valence-electron chi connectivity index (χ0n) is 13.3. The smallest absolute Gasteiger partial charge is 0.273 e. The molecule has 0 spiro atoms. The number of carbonyl (C=O) groups is 1. The molecule has 0 fully saturated rings. The van der Waals surface area contributed by atoms with Gasteiger partial charge in [0.25, 0.3) is 5.91 Å². The van der Waals surface area contributed by atoms with Gasteiger partial charge in [0.05, 0.1) is 11.4 Å².